The molecule has 1 aliphatic rings. The van der Waals surface area contributed by atoms with Crippen molar-refractivity contribution in [2.24, 2.45) is 0 Å². The summed E-state index contributed by atoms with van der Waals surface area (Å²) in [5.74, 6) is 0.940. The third-order valence-electron chi connectivity index (χ3n) is 4.76. The predicted octanol–water partition coefficient (Wildman–Crippen LogP) is 4.77. The van der Waals surface area contributed by atoms with Crippen LogP contribution in [0.5, 0.6) is 0 Å². The van der Waals surface area contributed by atoms with E-state index in [-0.39, 0.29) is 0 Å². The number of hydrogen-bond acceptors (Lipinski definition) is 5. The quantitative estimate of drug-likeness (QED) is 0.727. The van der Waals surface area contributed by atoms with Gasteiger partial charge in [0, 0.05) is 29.3 Å². The number of aryl methyl sites for hydroxylation is 2. The molecule has 0 aliphatic heterocycles. The molecule has 0 atom stereocenters. The molecule has 0 spiro atoms. The minimum Gasteiger partial charge on any atom is -0.372 e. The van der Waals surface area contributed by atoms with E-state index in [1.807, 2.05) is 11.3 Å². The van der Waals surface area contributed by atoms with E-state index in [0.717, 1.165) is 35.8 Å². The molecular weight excluding hydrogens is 316 g/mol. The number of benzene rings is 1. The summed E-state index contributed by atoms with van der Waals surface area (Å²) >= 11 is 1.83. The van der Waals surface area contributed by atoms with Crippen molar-refractivity contribution in [3.8, 4) is 0 Å². The Morgan fingerprint density at radius 3 is 2.62 bits per heavy atom. The summed E-state index contributed by atoms with van der Waals surface area (Å²) in [6.45, 7) is 6.42. The Morgan fingerprint density at radius 1 is 1.08 bits per heavy atom. The molecule has 0 amide bonds. The van der Waals surface area contributed by atoms with E-state index in [9.17, 15) is 0 Å². The van der Waals surface area contributed by atoms with Gasteiger partial charge in [-0.05, 0) is 62.9 Å². The fourth-order valence-corrected chi connectivity index (χ4v) is 4.73. The first-order valence-corrected chi connectivity index (χ1v) is 9.49. The van der Waals surface area contributed by atoms with E-state index in [1.54, 1.807) is 6.33 Å². The van der Waals surface area contributed by atoms with Crippen LogP contribution in [-0.4, -0.2) is 23.1 Å². The average Bonchev–Trinajstić information content (AvgIpc) is 3.18. The van der Waals surface area contributed by atoms with Crippen LogP contribution in [0.15, 0.2) is 30.6 Å². The van der Waals surface area contributed by atoms with Crippen LogP contribution < -0.4 is 10.2 Å². The van der Waals surface area contributed by atoms with Gasteiger partial charge in [0.25, 0.3) is 0 Å². The Balaban J connectivity index is 1.65. The highest BCUT2D eigenvalue weighted by atomic mass is 32.1. The van der Waals surface area contributed by atoms with E-state index in [2.05, 4.69) is 58.3 Å². The van der Waals surface area contributed by atoms with Gasteiger partial charge >= 0.3 is 0 Å². The molecule has 0 bridgehead atoms. The summed E-state index contributed by atoms with van der Waals surface area (Å²) in [7, 11) is 0. The van der Waals surface area contributed by atoms with Crippen molar-refractivity contribution >= 4 is 38.7 Å². The second kappa shape index (κ2) is 6.40. The van der Waals surface area contributed by atoms with E-state index in [0.29, 0.717) is 0 Å². The molecule has 1 aromatic carbocycles. The maximum atomic E-state index is 4.52. The Hall–Kier alpha value is -2.14. The van der Waals surface area contributed by atoms with Crippen LogP contribution in [0.4, 0.5) is 17.2 Å². The molecule has 2 heterocycles. The van der Waals surface area contributed by atoms with Gasteiger partial charge in [-0.25, -0.2) is 9.97 Å². The Morgan fingerprint density at radius 2 is 1.88 bits per heavy atom. The van der Waals surface area contributed by atoms with Crippen molar-refractivity contribution in [1.82, 2.24) is 9.97 Å². The van der Waals surface area contributed by atoms with Gasteiger partial charge in [-0.1, -0.05) is 0 Å². The van der Waals surface area contributed by atoms with Gasteiger partial charge in [0.2, 0.25) is 0 Å². The lowest BCUT2D eigenvalue weighted by Crippen LogP contribution is -2.21. The summed E-state index contributed by atoms with van der Waals surface area (Å²) < 4.78 is 0. The van der Waals surface area contributed by atoms with Crippen molar-refractivity contribution in [2.75, 3.05) is 23.3 Å². The molecule has 4 nitrogen and oxygen atoms in total. The zero-order valence-electron chi connectivity index (χ0n) is 14.2. The van der Waals surface area contributed by atoms with Gasteiger partial charge < -0.3 is 10.2 Å². The average molecular weight is 338 g/mol. The molecule has 124 valence electrons. The number of thiophene rings is 1. The van der Waals surface area contributed by atoms with Crippen LogP contribution in [0.1, 0.15) is 30.7 Å². The Labute approximate surface area is 146 Å². The molecule has 2 aromatic heterocycles. The minimum absolute atomic E-state index is 0.940. The highest BCUT2D eigenvalue weighted by Crippen LogP contribution is 2.39. The molecule has 0 saturated carbocycles. The van der Waals surface area contributed by atoms with Crippen molar-refractivity contribution in [2.45, 2.75) is 33.1 Å². The van der Waals surface area contributed by atoms with Gasteiger partial charge in [0.1, 0.15) is 17.0 Å². The molecule has 0 saturated heterocycles. The van der Waals surface area contributed by atoms with Crippen LogP contribution in [0, 0.1) is 0 Å². The van der Waals surface area contributed by atoms with Crippen LogP contribution >= 0.6 is 11.3 Å². The minimum atomic E-state index is 0.940. The van der Waals surface area contributed by atoms with E-state index >= 15 is 0 Å². The standard InChI is InChI=1S/C19H22N4S/c1-3-23(4-2)14-10-8-13(9-11-14)22-18-17-15-6-5-7-16(15)24-19(17)21-12-20-18/h8-12H,3-7H2,1-2H3,(H,20,21,22). The van der Waals surface area contributed by atoms with Crippen LogP contribution in [0.25, 0.3) is 10.2 Å². The molecule has 5 heteroatoms. The number of anilines is 3. The molecule has 1 aliphatic carbocycles. The summed E-state index contributed by atoms with van der Waals surface area (Å²) in [5.41, 5.74) is 3.79. The van der Waals surface area contributed by atoms with Crippen molar-refractivity contribution < 1.29 is 0 Å². The van der Waals surface area contributed by atoms with Crippen molar-refractivity contribution in [3.63, 3.8) is 0 Å². The highest BCUT2D eigenvalue weighted by molar-refractivity contribution is 7.19. The number of hydrogen-bond donors (Lipinski definition) is 1. The fourth-order valence-electron chi connectivity index (χ4n) is 3.50. The first kappa shape index (κ1) is 15.4. The second-order valence-electron chi connectivity index (χ2n) is 6.10. The zero-order valence-corrected chi connectivity index (χ0v) is 15.0. The van der Waals surface area contributed by atoms with Gasteiger partial charge in [0.05, 0.1) is 5.39 Å². The first-order valence-electron chi connectivity index (χ1n) is 8.67. The molecule has 0 radical (unpaired) electrons. The van der Waals surface area contributed by atoms with Crippen LogP contribution in [0.2, 0.25) is 0 Å². The summed E-state index contributed by atoms with van der Waals surface area (Å²) in [6.07, 6.45) is 5.26. The number of nitrogens with zero attached hydrogens (tertiary/aromatic N) is 3. The van der Waals surface area contributed by atoms with Gasteiger partial charge in [-0.3, -0.25) is 0 Å². The van der Waals surface area contributed by atoms with Crippen molar-refractivity contribution in [3.05, 3.63) is 41.0 Å². The first-order chi connectivity index (χ1) is 11.8. The number of rotatable bonds is 5. The third kappa shape index (κ3) is 2.63. The SMILES string of the molecule is CCN(CC)c1ccc(Nc2ncnc3sc4c(c23)CCC4)cc1. The summed E-state index contributed by atoms with van der Waals surface area (Å²) in [6, 6.07) is 8.61. The lowest BCUT2D eigenvalue weighted by Gasteiger charge is -2.21. The molecule has 24 heavy (non-hydrogen) atoms. The topological polar surface area (TPSA) is 41.0 Å². The van der Waals surface area contributed by atoms with Crippen molar-refractivity contribution in [1.29, 1.82) is 0 Å². The summed E-state index contributed by atoms with van der Waals surface area (Å²) in [4.78, 5) is 13.9. The largest absolute Gasteiger partial charge is 0.372 e. The summed E-state index contributed by atoms with van der Waals surface area (Å²) in [5, 5.41) is 4.73. The number of aromatic nitrogens is 2. The van der Waals surface area contributed by atoms with Crippen LogP contribution in [0.3, 0.4) is 0 Å². The normalized spacial score (nSPS) is 13.2. The van der Waals surface area contributed by atoms with Gasteiger partial charge in [-0.2, -0.15) is 0 Å². The smallest absolute Gasteiger partial charge is 0.142 e. The van der Waals surface area contributed by atoms with E-state index < -0.39 is 0 Å². The number of fused-ring (bicyclic) bond motifs is 3. The Bertz CT molecular complexity index is 850. The zero-order chi connectivity index (χ0) is 16.5. The monoisotopic (exact) mass is 338 g/mol. The maximum Gasteiger partial charge on any atom is 0.142 e. The fraction of sp³-hybridized carbons (Fsp3) is 0.368. The lowest BCUT2D eigenvalue weighted by molar-refractivity contribution is 0.866. The molecule has 1 N–H and O–H groups in total. The predicted molar refractivity (Wildman–Crippen MR) is 103 cm³/mol. The lowest BCUT2D eigenvalue weighted by atomic mass is 10.2. The molecular formula is C19H22N4S. The van der Waals surface area contributed by atoms with E-state index in [4.69, 9.17) is 0 Å². The van der Waals surface area contributed by atoms with Gasteiger partial charge in [-0.15, -0.1) is 11.3 Å². The molecule has 0 unspecified atom stereocenters. The molecule has 3 aromatic rings. The number of nitrogens with one attached hydrogen (secondary N) is 1. The Kier molecular flexibility index (Phi) is 4.10. The highest BCUT2D eigenvalue weighted by Gasteiger charge is 2.21. The molecule has 0 fully saturated rings. The van der Waals surface area contributed by atoms with E-state index in [1.165, 1.54) is 34.4 Å². The third-order valence-corrected chi connectivity index (χ3v) is 5.96. The van der Waals surface area contributed by atoms with Crippen LogP contribution in [-0.2, 0) is 12.8 Å². The second-order valence-corrected chi connectivity index (χ2v) is 7.19. The maximum absolute atomic E-state index is 4.52. The molecule has 4 rings (SSSR count). The van der Waals surface area contributed by atoms with Gasteiger partial charge in [0.15, 0.2) is 0 Å².